The van der Waals surface area contributed by atoms with Crippen molar-refractivity contribution in [2.24, 2.45) is 0 Å². The number of aliphatic hydroxyl groups is 3. The number of hydrogen-bond acceptors (Lipinski definition) is 7. The monoisotopic (exact) mass is 222 g/mol. The van der Waals surface area contributed by atoms with E-state index in [-0.39, 0.29) is 0 Å². The highest BCUT2D eigenvalue weighted by molar-refractivity contribution is 7.17. The topological polar surface area (TPSA) is 113 Å². The second-order valence-electron chi connectivity index (χ2n) is 2.45. The zero-order valence-electron chi connectivity index (χ0n) is 6.78. The molecular weight excluding hydrogens is 215 g/mol. The molecule has 0 aliphatic carbocycles. The van der Waals surface area contributed by atoms with Crippen LogP contribution >= 0.6 is 8.69 Å². The molecule has 1 heterocycles. The third-order valence-corrected chi connectivity index (χ3v) is 1.86. The van der Waals surface area contributed by atoms with Gasteiger partial charge in [-0.2, -0.15) is 0 Å². The SMILES string of the molecule is O=POC1=C(O)C(=O)O[C@@H]1[C@@H](O)CO. The van der Waals surface area contributed by atoms with Crippen molar-refractivity contribution in [2.45, 2.75) is 12.2 Å². The molecule has 78 valence electrons. The smallest absolute Gasteiger partial charge is 0.395 e. The van der Waals surface area contributed by atoms with E-state index < -0.39 is 45.0 Å². The molecule has 0 spiro atoms. The lowest BCUT2D eigenvalue weighted by molar-refractivity contribution is -0.147. The Morgan fingerprint density at radius 2 is 2.29 bits per heavy atom. The quantitative estimate of drug-likeness (QED) is 0.424. The predicted molar refractivity (Wildman–Crippen MR) is 41.3 cm³/mol. The average Bonchev–Trinajstić information content (AvgIpc) is 2.45. The number of carbonyl (C=O) groups is 1. The molecule has 0 fully saturated rings. The standard InChI is InChI=1S/C6H7O7P/c7-1-2(8)4-5(13-14-11)3(9)6(10)12-4/h2,4,7-9H,1H2/t2-,4+/m0/s1. The highest BCUT2D eigenvalue weighted by Gasteiger charge is 2.40. The van der Waals surface area contributed by atoms with Crippen LogP contribution < -0.4 is 0 Å². The lowest BCUT2D eigenvalue weighted by atomic mass is 10.2. The van der Waals surface area contributed by atoms with E-state index in [9.17, 15) is 9.36 Å². The average molecular weight is 222 g/mol. The van der Waals surface area contributed by atoms with E-state index in [1.54, 1.807) is 0 Å². The highest BCUT2D eigenvalue weighted by atomic mass is 31.1. The first-order chi connectivity index (χ1) is 6.61. The van der Waals surface area contributed by atoms with Crippen LogP contribution in [-0.4, -0.2) is 40.1 Å². The van der Waals surface area contributed by atoms with Crippen LogP contribution in [-0.2, 0) is 18.6 Å². The molecule has 0 saturated carbocycles. The maximum Gasteiger partial charge on any atom is 0.395 e. The molecule has 0 aromatic rings. The molecule has 2 atom stereocenters. The lowest BCUT2D eigenvalue weighted by Gasteiger charge is -2.15. The van der Waals surface area contributed by atoms with Gasteiger partial charge in [0.25, 0.3) is 0 Å². The number of aliphatic hydroxyl groups excluding tert-OH is 3. The van der Waals surface area contributed by atoms with Gasteiger partial charge in [-0.15, -0.1) is 0 Å². The Bertz CT molecular complexity index is 286. The summed E-state index contributed by atoms with van der Waals surface area (Å²) in [4.78, 5) is 10.8. The number of rotatable bonds is 4. The van der Waals surface area contributed by atoms with Gasteiger partial charge in [-0.1, -0.05) is 0 Å². The van der Waals surface area contributed by atoms with Crippen molar-refractivity contribution in [2.75, 3.05) is 6.61 Å². The Hall–Kier alpha value is -1.17. The second-order valence-corrected chi connectivity index (χ2v) is 2.79. The Kier molecular flexibility index (Phi) is 3.40. The second kappa shape index (κ2) is 4.36. The van der Waals surface area contributed by atoms with Crippen LogP contribution in [0.3, 0.4) is 0 Å². The number of esters is 1. The maximum absolute atomic E-state index is 10.8. The van der Waals surface area contributed by atoms with E-state index in [4.69, 9.17) is 15.3 Å². The van der Waals surface area contributed by atoms with Crippen molar-refractivity contribution in [3.63, 3.8) is 0 Å². The summed E-state index contributed by atoms with van der Waals surface area (Å²) < 4.78 is 18.9. The van der Waals surface area contributed by atoms with Crippen molar-refractivity contribution >= 4 is 14.7 Å². The molecule has 8 heteroatoms. The van der Waals surface area contributed by atoms with Gasteiger partial charge in [0.15, 0.2) is 6.10 Å². The summed E-state index contributed by atoms with van der Waals surface area (Å²) in [6, 6.07) is 0. The largest absolute Gasteiger partial charge is 0.499 e. The third kappa shape index (κ3) is 1.84. The maximum atomic E-state index is 10.8. The van der Waals surface area contributed by atoms with E-state index in [2.05, 4.69) is 9.26 Å². The van der Waals surface area contributed by atoms with Crippen LogP contribution in [0.5, 0.6) is 0 Å². The van der Waals surface area contributed by atoms with Crippen molar-refractivity contribution in [3.05, 3.63) is 11.5 Å². The Balaban J connectivity index is 2.89. The normalized spacial score (nSPS) is 23.9. The lowest BCUT2D eigenvalue weighted by Crippen LogP contribution is -2.31. The van der Waals surface area contributed by atoms with Gasteiger partial charge >= 0.3 is 14.7 Å². The summed E-state index contributed by atoms with van der Waals surface area (Å²) in [6.45, 7) is -0.687. The minimum Gasteiger partial charge on any atom is -0.499 e. The Labute approximate surface area is 79.8 Å². The molecule has 0 radical (unpaired) electrons. The molecule has 0 unspecified atom stereocenters. The summed E-state index contributed by atoms with van der Waals surface area (Å²) >= 11 is 0. The molecule has 14 heavy (non-hydrogen) atoms. The molecule has 1 aliphatic rings. The van der Waals surface area contributed by atoms with Crippen LogP contribution in [0.25, 0.3) is 0 Å². The zero-order chi connectivity index (χ0) is 10.7. The summed E-state index contributed by atoms with van der Waals surface area (Å²) in [7, 11) is -0.801. The Morgan fingerprint density at radius 3 is 2.79 bits per heavy atom. The van der Waals surface area contributed by atoms with E-state index >= 15 is 0 Å². The number of hydrogen-bond donors (Lipinski definition) is 3. The van der Waals surface area contributed by atoms with E-state index in [1.807, 2.05) is 0 Å². The summed E-state index contributed by atoms with van der Waals surface area (Å²) in [5, 5.41) is 26.8. The van der Waals surface area contributed by atoms with E-state index in [1.165, 1.54) is 0 Å². The van der Waals surface area contributed by atoms with Crippen molar-refractivity contribution in [3.8, 4) is 0 Å². The van der Waals surface area contributed by atoms with Crippen LogP contribution in [0.15, 0.2) is 11.5 Å². The van der Waals surface area contributed by atoms with Crippen LogP contribution in [0.1, 0.15) is 0 Å². The van der Waals surface area contributed by atoms with Crippen molar-refractivity contribution in [1.29, 1.82) is 0 Å². The van der Waals surface area contributed by atoms with Crippen molar-refractivity contribution < 1.29 is 33.9 Å². The van der Waals surface area contributed by atoms with Gasteiger partial charge in [0, 0.05) is 0 Å². The molecular formula is C6H7O7P. The number of cyclic esters (lactones) is 1. The van der Waals surface area contributed by atoms with Crippen LogP contribution in [0.2, 0.25) is 0 Å². The van der Waals surface area contributed by atoms with Gasteiger partial charge in [-0.3, -0.25) is 0 Å². The van der Waals surface area contributed by atoms with Gasteiger partial charge < -0.3 is 24.6 Å². The minimum absolute atomic E-state index is 0.451. The molecule has 1 rings (SSSR count). The fourth-order valence-electron chi connectivity index (χ4n) is 0.944. The first-order valence-corrected chi connectivity index (χ1v) is 4.27. The van der Waals surface area contributed by atoms with E-state index in [0.717, 1.165) is 0 Å². The minimum atomic E-state index is -1.43. The first-order valence-electron chi connectivity index (χ1n) is 3.54. The molecule has 7 nitrogen and oxygen atoms in total. The van der Waals surface area contributed by atoms with Crippen molar-refractivity contribution in [1.82, 2.24) is 0 Å². The van der Waals surface area contributed by atoms with Crippen LogP contribution in [0.4, 0.5) is 0 Å². The molecule has 0 saturated heterocycles. The van der Waals surface area contributed by atoms with Gasteiger partial charge in [-0.25, -0.2) is 9.36 Å². The van der Waals surface area contributed by atoms with Gasteiger partial charge in [0.1, 0.15) is 6.10 Å². The number of ether oxygens (including phenoxy) is 1. The summed E-state index contributed by atoms with van der Waals surface area (Å²) in [5.74, 6) is -2.40. The van der Waals surface area contributed by atoms with Gasteiger partial charge in [0.05, 0.1) is 6.61 Å². The first kappa shape index (κ1) is 10.9. The third-order valence-electron chi connectivity index (χ3n) is 1.59. The zero-order valence-corrected chi connectivity index (χ0v) is 7.68. The fraction of sp³-hybridized carbons (Fsp3) is 0.500. The molecule has 3 N–H and O–H groups in total. The number of carbonyl (C=O) groups excluding carboxylic acids is 1. The van der Waals surface area contributed by atoms with E-state index in [0.29, 0.717) is 0 Å². The summed E-state index contributed by atoms with van der Waals surface area (Å²) in [6.07, 6.45) is -2.76. The summed E-state index contributed by atoms with van der Waals surface area (Å²) in [5.41, 5.74) is 0. The molecule has 0 amide bonds. The molecule has 0 aromatic heterocycles. The highest BCUT2D eigenvalue weighted by Crippen LogP contribution is 2.27. The predicted octanol–water partition coefficient (Wildman–Crippen LogP) is -0.742. The fourth-order valence-corrected chi connectivity index (χ4v) is 1.21. The molecule has 1 aliphatic heterocycles. The molecule has 0 aromatic carbocycles. The Morgan fingerprint density at radius 1 is 1.64 bits per heavy atom. The van der Waals surface area contributed by atoms with Crippen LogP contribution in [0, 0.1) is 0 Å². The molecule has 0 bridgehead atoms. The van der Waals surface area contributed by atoms with Gasteiger partial charge in [-0.05, 0) is 0 Å². The van der Waals surface area contributed by atoms with Gasteiger partial charge in [0.2, 0.25) is 11.5 Å².